The van der Waals surface area contributed by atoms with Crippen molar-refractivity contribution in [2.24, 2.45) is 22.8 Å². The number of nitrogens with two attached hydrogens (primary N) is 2. The number of nitrogens with zero attached hydrogens (tertiary/aromatic N) is 6. The second-order valence-corrected chi connectivity index (χ2v) is 14.5. The number of allylic oxidation sites excluding steroid dienone is 2. The van der Waals surface area contributed by atoms with E-state index in [4.69, 9.17) is 30.9 Å². The minimum absolute atomic E-state index is 0.115. The molecule has 2 aliphatic rings. The third-order valence-corrected chi connectivity index (χ3v) is 9.63. The summed E-state index contributed by atoms with van der Waals surface area (Å²) in [5.41, 5.74) is 14.4. The summed E-state index contributed by atoms with van der Waals surface area (Å²) in [7, 11) is 0. The molecular formula is C37H42N10O6. The number of carbonyl (C=O) groups excluding carboxylic acids is 4. The molecule has 0 saturated heterocycles. The van der Waals surface area contributed by atoms with Crippen LogP contribution in [0.5, 0.6) is 11.5 Å². The van der Waals surface area contributed by atoms with Crippen LogP contribution in [0.1, 0.15) is 90.0 Å². The molecule has 16 nitrogen and oxygen atoms in total. The van der Waals surface area contributed by atoms with Crippen LogP contribution in [0.3, 0.4) is 0 Å². The molecule has 6 N–H and O–H groups in total. The molecule has 0 saturated carbocycles. The first-order chi connectivity index (χ1) is 25.1. The zero-order valence-electron chi connectivity index (χ0n) is 30.4. The predicted octanol–water partition coefficient (Wildman–Crippen LogP) is 4.50. The lowest BCUT2D eigenvalue weighted by atomic mass is 9.96. The van der Waals surface area contributed by atoms with Gasteiger partial charge in [0.15, 0.2) is 0 Å². The smallest absolute Gasteiger partial charge is 0.276 e. The summed E-state index contributed by atoms with van der Waals surface area (Å²) >= 11 is 0. The summed E-state index contributed by atoms with van der Waals surface area (Å²) in [5, 5.41) is 10.4. The number of anilines is 2. The van der Waals surface area contributed by atoms with E-state index in [2.05, 4.69) is 21.8 Å². The highest BCUT2D eigenvalue weighted by Gasteiger charge is 2.34. The number of carbonyl (C=O) groups is 4. The number of hydrogen-bond acceptors (Lipinski definition) is 9. The Hall–Kier alpha value is -6.19. The van der Waals surface area contributed by atoms with E-state index in [9.17, 15) is 19.2 Å². The zero-order chi connectivity index (χ0) is 37.9. The van der Waals surface area contributed by atoms with Crippen molar-refractivity contribution >= 4 is 57.6 Å². The van der Waals surface area contributed by atoms with Gasteiger partial charge >= 0.3 is 0 Å². The van der Waals surface area contributed by atoms with Crippen LogP contribution in [0.15, 0.2) is 42.5 Å². The predicted molar refractivity (Wildman–Crippen MR) is 197 cm³/mol. The molecular weight excluding hydrogens is 680 g/mol. The number of primary amides is 2. The van der Waals surface area contributed by atoms with Crippen molar-refractivity contribution in [2.75, 3.05) is 23.8 Å². The van der Waals surface area contributed by atoms with Gasteiger partial charge in [0.1, 0.15) is 41.4 Å². The third-order valence-electron chi connectivity index (χ3n) is 9.63. The average molecular weight is 723 g/mol. The summed E-state index contributed by atoms with van der Waals surface area (Å²) < 4.78 is 17.9. The van der Waals surface area contributed by atoms with Gasteiger partial charge in [0, 0.05) is 23.1 Å². The van der Waals surface area contributed by atoms with Gasteiger partial charge in [-0.1, -0.05) is 39.8 Å². The Morgan fingerprint density at radius 1 is 0.906 bits per heavy atom. The number of amides is 4. The first-order valence-corrected chi connectivity index (χ1v) is 17.5. The van der Waals surface area contributed by atoms with Crippen LogP contribution >= 0.6 is 0 Å². The Balaban J connectivity index is 1.20. The number of aromatic nitrogens is 6. The quantitative estimate of drug-likeness (QED) is 0.149. The van der Waals surface area contributed by atoms with Gasteiger partial charge in [-0.2, -0.15) is 5.10 Å². The molecule has 0 aliphatic carbocycles. The molecule has 0 fully saturated rings. The van der Waals surface area contributed by atoms with Gasteiger partial charge in [0.2, 0.25) is 29.6 Å². The number of nitrogens with one attached hydrogen (secondary N) is 2. The third kappa shape index (κ3) is 6.33. The lowest BCUT2D eigenvalue weighted by Gasteiger charge is -2.31. The number of aryl methyl sites for hydroxylation is 2. The van der Waals surface area contributed by atoms with Gasteiger partial charge in [0.25, 0.3) is 5.91 Å². The molecule has 16 heteroatoms. The zero-order valence-corrected chi connectivity index (χ0v) is 30.4. The van der Waals surface area contributed by atoms with Gasteiger partial charge in [0.05, 0.1) is 28.8 Å². The fraction of sp³-hybridized carbons (Fsp3) is 0.378. The van der Waals surface area contributed by atoms with Gasteiger partial charge in [-0.05, 0) is 56.5 Å². The number of hydrogen-bond donors (Lipinski definition) is 4. The molecule has 3 atom stereocenters. The van der Waals surface area contributed by atoms with E-state index < -0.39 is 17.2 Å². The Bertz CT molecular complexity index is 2360. The van der Waals surface area contributed by atoms with E-state index >= 15 is 0 Å². The van der Waals surface area contributed by atoms with Crippen molar-refractivity contribution in [1.29, 1.82) is 0 Å². The summed E-state index contributed by atoms with van der Waals surface area (Å²) in [6.07, 6.45) is 4.61. The second kappa shape index (κ2) is 13.1. The Morgan fingerprint density at radius 3 is 2.08 bits per heavy atom. The highest BCUT2D eigenvalue weighted by Crippen LogP contribution is 2.41. The number of ether oxygens (including phenoxy) is 2. The molecule has 4 amide bonds. The minimum atomic E-state index is -0.679. The topological polar surface area (TPSA) is 216 Å². The van der Waals surface area contributed by atoms with E-state index in [0.717, 1.165) is 0 Å². The second-order valence-electron chi connectivity index (χ2n) is 14.5. The van der Waals surface area contributed by atoms with Crippen LogP contribution in [0.4, 0.5) is 11.9 Å². The molecule has 5 heterocycles. The fourth-order valence-electron chi connectivity index (χ4n) is 6.82. The molecule has 0 bridgehead atoms. The van der Waals surface area contributed by atoms with Gasteiger partial charge in [-0.25, -0.2) is 9.97 Å². The van der Waals surface area contributed by atoms with E-state index in [0.29, 0.717) is 69.8 Å². The molecule has 0 radical (unpaired) electrons. The standard InChI is InChI=1S/C37H42N10O6/c1-7-45-25(11-19(3)44-45)33(50)42-35-40-23-12-20(31(38)48)14-27-29(23)46(35)22(16-52-27)10-8-9-18(2)26-17-53-28-15-21(32(39)49)13-24-30(28)47(26)36(41-24)43-34(51)37(4,5)6/h8-9,11-15,18,22,26H,7,10,16-17H2,1-6H3,(H2,38,48)(H2,39,49)(H,40,42,50)(H,41,43,51)/b9-8+/t18?,22-,26+/m0/s1. The van der Waals surface area contributed by atoms with E-state index in [1.165, 1.54) is 0 Å². The van der Waals surface area contributed by atoms with Crippen molar-refractivity contribution in [3.63, 3.8) is 0 Å². The van der Waals surface area contributed by atoms with Crippen LogP contribution in [0.25, 0.3) is 22.1 Å². The lowest BCUT2D eigenvalue weighted by Crippen LogP contribution is -2.32. The van der Waals surface area contributed by atoms with Gasteiger partial charge in [-0.15, -0.1) is 0 Å². The van der Waals surface area contributed by atoms with Gasteiger partial charge < -0.3 is 20.9 Å². The lowest BCUT2D eigenvalue weighted by molar-refractivity contribution is -0.123. The maximum Gasteiger partial charge on any atom is 0.276 e. The first-order valence-electron chi connectivity index (χ1n) is 17.5. The summed E-state index contributed by atoms with van der Waals surface area (Å²) in [4.78, 5) is 60.3. The molecule has 2 aromatic carbocycles. The van der Waals surface area contributed by atoms with E-state index in [1.807, 2.05) is 56.8 Å². The Kier molecular flexibility index (Phi) is 8.70. The summed E-state index contributed by atoms with van der Waals surface area (Å²) in [6.45, 7) is 12.2. The number of rotatable bonds is 10. The fourth-order valence-corrected chi connectivity index (χ4v) is 6.82. The molecule has 5 aromatic rings. The summed E-state index contributed by atoms with van der Waals surface area (Å²) in [5.74, 6) is -0.363. The molecule has 7 rings (SSSR count). The molecule has 53 heavy (non-hydrogen) atoms. The number of benzene rings is 2. The SMILES string of the molecule is CCn1nc(C)cc1C(=O)Nc1nc2cc(C(N)=O)cc3c2n1[C@@H](C/C=C/C(C)[C@H]1COc2cc(C(N)=O)cc4nc(NC(=O)C(C)(C)C)n1c24)CO3. The molecule has 276 valence electrons. The van der Waals surface area contributed by atoms with Crippen molar-refractivity contribution < 1.29 is 28.7 Å². The molecule has 2 aliphatic heterocycles. The Labute approximate surface area is 304 Å². The molecule has 3 aromatic heterocycles. The van der Waals surface area contributed by atoms with Crippen molar-refractivity contribution in [1.82, 2.24) is 28.9 Å². The molecule has 1 unspecified atom stereocenters. The van der Waals surface area contributed by atoms with Crippen LogP contribution < -0.4 is 31.6 Å². The van der Waals surface area contributed by atoms with Crippen LogP contribution in [-0.4, -0.2) is 65.7 Å². The first kappa shape index (κ1) is 35.2. The highest BCUT2D eigenvalue weighted by molar-refractivity contribution is 6.04. The van der Waals surface area contributed by atoms with E-state index in [1.54, 1.807) is 35.0 Å². The minimum Gasteiger partial charge on any atom is -0.489 e. The maximum atomic E-state index is 13.5. The maximum absolute atomic E-state index is 13.5. The van der Waals surface area contributed by atoms with E-state index in [-0.39, 0.29) is 54.2 Å². The van der Waals surface area contributed by atoms with Gasteiger partial charge in [-0.3, -0.25) is 43.6 Å². The van der Waals surface area contributed by atoms with Crippen LogP contribution in [0.2, 0.25) is 0 Å². The normalized spacial score (nSPS) is 17.1. The van der Waals surface area contributed by atoms with Crippen molar-refractivity contribution in [2.45, 2.75) is 66.6 Å². The number of imidazole rings is 2. The summed E-state index contributed by atoms with van der Waals surface area (Å²) in [6, 6.07) is 7.55. The van der Waals surface area contributed by atoms with Crippen LogP contribution in [-0.2, 0) is 11.3 Å². The Morgan fingerprint density at radius 2 is 1.49 bits per heavy atom. The van der Waals surface area contributed by atoms with Crippen molar-refractivity contribution in [3.05, 3.63) is 65.0 Å². The average Bonchev–Trinajstić information content (AvgIpc) is 3.79. The monoisotopic (exact) mass is 722 g/mol. The highest BCUT2D eigenvalue weighted by atomic mass is 16.5. The molecule has 0 spiro atoms. The van der Waals surface area contributed by atoms with Crippen LogP contribution in [0, 0.1) is 18.3 Å². The van der Waals surface area contributed by atoms with Crippen molar-refractivity contribution in [3.8, 4) is 11.5 Å². The largest absolute Gasteiger partial charge is 0.489 e.